The fourth-order valence-electron chi connectivity index (χ4n) is 1.68. The molecular formula is C13H23N5OS. The third kappa shape index (κ3) is 5.32. The minimum atomic E-state index is 0.0830. The highest BCUT2D eigenvalue weighted by atomic mass is 32.2. The lowest BCUT2D eigenvalue weighted by Crippen LogP contribution is -2.33. The predicted octanol–water partition coefficient (Wildman–Crippen LogP) is 1.85. The van der Waals surface area contributed by atoms with Crippen LogP contribution in [0, 0.1) is 5.92 Å². The van der Waals surface area contributed by atoms with Crippen molar-refractivity contribution in [2.45, 2.75) is 39.4 Å². The standard InChI is InChI=1S/C13H23N5OS/c1-6-17(7-10(2)3)12(19)9-20-13-14-15-16-18(13)8-11(4)5/h11H,2,6-9H2,1,3-5H3. The summed E-state index contributed by atoms with van der Waals surface area (Å²) in [5.74, 6) is 0.892. The SMILES string of the molecule is C=C(C)CN(CC)C(=O)CSc1nnnn1CC(C)C. The number of hydrogen-bond donors (Lipinski definition) is 0. The van der Waals surface area contributed by atoms with Crippen molar-refractivity contribution in [3.8, 4) is 0 Å². The molecule has 0 saturated carbocycles. The first kappa shape index (κ1) is 16.7. The van der Waals surface area contributed by atoms with E-state index in [2.05, 4.69) is 36.0 Å². The van der Waals surface area contributed by atoms with Crippen LogP contribution < -0.4 is 0 Å². The van der Waals surface area contributed by atoms with E-state index in [9.17, 15) is 4.79 Å². The Balaban J connectivity index is 2.55. The maximum absolute atomic E-state index is 12.1. The van der Waals surface area contributed by atoms with Crippen molar-refractivity contribution in [1.82, 2.24) is 25.1 Å². The number of likely N-dealkylation sites (N-methyl/N-ethyl adjacent to an activating group) is 1. The van der Waals surface area contributed by atoms with Gasteiger partial charge in [0, 0.05) is 19.6 Å². The molecule has 6 nitrogen and oxygen atoms in total. The van der Waals surface area contributed by atoms with Crippen LogP contribution in [0.15, 0.2) is 17.3 Å². The number of carbonyl (C=O) groups excluding carboxylic acids is 1. The van der Waals surface area contributed by atoms with Crippen LogP contribution in [0.4, 0.5) is 0 Å². The molecule has 7 heteroatoms. The lowest BCUT2D eigenvalue weighted by atomic mass is 10.2. The van der Waals surface area contributed by atoms with E-state index in [0.29, 0.717) is 29.9 Å². The van der Waals surface area contributed by atoms with Crippen LogP contribution in [-0.2, 0) is 11.3 Å². The van der Waals surface area contributed by atoms with Crippen molar-refractivity contribution in [2.75, 3.05) is 18.8 Å². The average Bonchev–Trinajstić information content (AvgIpc) is 2.79. The van der Waals surface area contributed by atoms with Crippen molar-refractivity contribution in [3.63, 3.8) is 0 Å². The van der Waals surface area contributed by atoms with Crippen molar-refractivity contribution in [1.29, 1.82) is 0 Å². The minimum Gasteiger partial charge on any atom is -0.338 e. The molecule has 1 heterocycles. The van der Waals surface area contributed by atoms with Gasteiger partial charge in [0.2, 0.25) is 11.1 Å². The summed E-state index contributed by atoms with van der Waals surface area (Å²) >= 11 is 1.38. The second-order valence-corrected chi connectivity index (χ2v) is 6.13. The summed E-state index contributed by atoms with van der Waals surface area (Å²) in [6.45, 7) is 14.0. The molecule has 0 aliphatic rings. The maximum atomic E-state index is 12.1. The first-order valence-electron chi connectivity index (χ1n) is 6.75. The van der Waals surface area contributed by atoms with Crippen LogP contribution in [0.1, 0.15) is 27.7 Å². The van der Waals surface area contributed by atoms with E-state index in [4.69, 9.17) is 0 Å². The Morgan fingerprint density at radius 3 is 2.75 bits per heavy atom. The van der Waals surface area contributed by atoms with Gasteiger partial charge in [-0.25, -0.2) is 4.68 Å². The topological polar surface area (TPSA) is 63.9 Å². The average molecular weight is 297 g/mol. The van der Waals surface area contributed by atoms with E-state index < -0.39 is 0 Å². The molecule has 0 bridgehead atoms. The molecule has 20 heavy (non-hydrogen) atoms. The first-order chi connectivity index (χ1) is 9.43. The molecule has 0 aromatic carbocycles. The lowest BCUT2D eigenvalue weighted by Gasteiger charge is -2.20. The van der Waals surface area contributed by atoms with Gasteiger partial charge in [0.1, 0.15) is 0 Å². The Morgan fingerprint density at radius 1 is 1.50 bits per heavy atom. The molecule has 0 spiro atoms. The highest BCUT2D eigenvalue weighted by molar-refractivity contribution is 7.99. The molecule has 1 aromatic heterocycles. The molecule has 1 rings (SSSR count). The number of nitrogens with zero attached hydrogens (tertiary/aromatic N) is 5. The molecule has 1 aromatic rings. The maximum Gasteiger partial charge on any atom is 0.233 e. The summed E-state index contributed by atoms with van der Waals surface area (Å²) in [6.07, 6.45) is 0. The molecule has 0 fully saturated rings. The smallest absolute Gasteiger partial charge is 0.233 e. The van der Waals surface area contributed by atoms with Gasteiger partial charge in [0.15, 0.2) is 0 Å². The van der Waals surface area contributed by atoms with Crippen LogP contribution in [0.25, 0.3) is 0 Å². The van der Waals surface area contributed by atoms with Gasteiger partial charge in [0.05, 0.1) is 5.75 Å². The van der Waals surface area contributed by atoms with E-state index in [0.717, 1.165) is 12.1 Å². The van der Waals surface area contributed by atoms with Gasteiger partial charge < -0.3 is 4.90 Å². The number of amides is 1. The number of tetrazole rings is 1. The molecule has 1 amide bonds. The molecular weight excluding hydrogens is 274 g/mol. The van der Waals surface area contributed by atoms with Gasteiger partial charge >= 0.3 is 0 Å². The van der Waals surface area contributed by atoms with Gasteiger partial charge in [-0.1, -0.05) is 37.8 Å². The Labute approximate surface area is 124 Å². The van der Waals surface area contributed by atoms with E-state index >= 15 is 0 Å². The van der Waals surface area contributed by atoms with Gasteiger partial charge in [0.25, 0.3) is 0 Å². The fourth-order valence-corrected chi connectivity index (χ4v) is 2.47. The Morgan fingerprint density at radius 2 is 2.20 bits per heavy atom. The minimum absolute atomic E-state index is 0.0830. The summed E-state index contributed by atoms with van der Waals surface area (Å²) in [7, 11) is 0. The summed E-state index contributed by atoms with van der Waals surface area (Å²) < 4.78 is 1.75. The molecule has 0 unspecified atom stereocenters. The largest absolute Gasteiger partial charge is 0.338 e. The molecule has 0 aliphatic heterocycles. The fraction of sp³-hybridized carbons (Fsp3) is 0.692. The molecule has 0 radical (unpaired) electrons. The normalized spacial score (nSPS) is 10.8. The highest BCUT2D eigenvalue weighted by Crippen LogP contribution is 2.15. The quantitative estimate of drug-likeness (QED) is 0.541. The second kappa shape index (κ2) is 8.04. The third-order valence-corrected chi connectivity index (χ3v) is 3.50. The zero-order chi connectivity index (χ0) is 15.1. The van der Waals surface area contributed by atoms with Crippen LogP contribution >= 0.6 is 11.8 Å². The van der Waals surface area contributed by atoms with Gasteiger partial charge in [-0.3, -0.25) is 4.79 Å². The zero-order valence-electron chi connectivity index (χ0n) is 12.7. The summed E-state index contributed by atoms with van der Waals surface area (Å²) in [4.78, 5) is 13.9. The Hall–Kier alpha value is -1.37. The van der Waals surface area contributed by atoms with Crippen molar-refractivity contribution in [2.24, 2.45) is 5.92 Å². The number of rotatable bonds is 8. The molecule has 0 saturated heterocycles. The van der Waals surface area contributed by atoms with Crippen molar-refractivity contribution in [3.05, 3.63) is 12.2 Å². The van der Waals surface area contributed by atoms with Crippen molar-refractivity contribution >= 4 is 17.7 Å². The number of thioether (sulfide) groups is 1. The van der Waals surface area contributed by atoms with Crippen LogP contribution in [0.5, 0.6) is 0 Å². The zero-order valence-corrected chi connectivity index (χ0v) is 13.5. The monoisotopic (exact) mass is 297 g/mol. The van der Waals surface area contributed by atoms with Crippen LogP contribution in [0.3, 0.4) is 0 Å². The lowest BCUT2D eigenvalue weighted by molar-refractivity contribution is -0.127. The van der Waals surface area contributed by atoms with E-state index in [1.807, 2.05) is 13.8 Å². The molecule has 0 aliphatic carbocycles. The Kier molecular flexibility index (Phi) is 6.70. The second-order valence-electron chi connectivity index (χ2n) is 5.19. The van der Waals surface area contributed by atoms with Crippen LogP contribution in [0.2, 0.25) is 0 Å². The number of aromatic nitrogens is 4. The number of carbonyl (C=O) groups is 1. The van der Waals surface area contributed by atoms with Crippen LogP contribution in [-0.4, -0.2) is 49.9 Å². The van der Waals surface area contributed by atoms with Gasteiger partial charge in [-0.15, -0.1) is 5.10 Å². The van der Waals surface area contributed by atoms with Gasteiger partial charge in [-0.2, -0.15) is 0 Å². The molecule has 112 valence electrons. The van der Waals surface area contributed by atoms with Gasteiger partial charge in [-0.05, 0) is 30.2 Å². The highest BCUT2D eigenvalue weighted by Gasteiger charge is 2.15. The van der Waals surface area contributed by atoms with E-state index in [1.54, 1.807) is 9.58 Å². The summed E-state index contributed by atoms with van der Waals surface area (Å²) in [5, 5.41) is 12.3. The van der Waals surface area contributed by atoms with E-state index in [-0.39, 0.29) is 5.91 Å². The van der Waals surface area contributed by atoms with Crippen molar-refractivity contribution < 1.29 is 4.79 Å². The summed E-state index contributed by atoms with van der Waals surface area (Å²) in [5.41, 5.74) is 0.981. The first-order valence-corrected chi connectivity index (χ1v) is 7.73. The third-order valence-electron chi connectivity index (χ3n) is 2.56. The predicted molar refractivity (Wildman–Crippen MR) is 80.4 cm³/mol. The number of hydrogen-bond acceptors (Lipinski definition) is 5. The molecule has 0 N–H and O–H groups in total. The summed E-state index contributed by atoms with van der Waals surface area (Å²) in [6, 6.07) is 0. The molecule has 0 atom stereocenters. The van der Waals surface area contributed by atoms with E-state index in [1.165, 1.54) is 11.8 Å². The Bertz CT molecular complexity index is 457.